The first-order chi connectivity index (χ1) is 12.0. The van der Waals surface area contributed by atoms with Crippen LogP contribution in [0.2, 0.25) is 0 Å². The summed E-state index contributed by atoms with van der Waals surface area (Å²) in [6.45, 7) is 3.48. The number of aryl methyl sites for hydroxylation is 1. The van der Waals surface area contributed by atoms with E-state index in [1.54, 1.807) is 42.5 Å². The van der Waals surface area contributed by atoms with Crippen molar-refractivity contribution >= 4 is 23.3 Å². The van der Waals surface area contributed by atoms with Gasteiger partial charge in [-0.3, -0.25) is 9.59 Å². The van der Waals surface area contributed by atoms with E-state index >= 15 is 0 Å². The molecule has 0 aliphatic rings. The van der Waals surface area contributed by atoms with Gasteiger partial charge in [-0.2, -0.15) is 0 Å². The van der Waals surface area contributed by atoms with E-state index in [9.17, 15) is 14.4 Å². The van der Waals surface area contributed by atoms with Gasteiger partial charge in [0.1, 0.15) is 0 Å². The molecule has 2 aromatic carbocycles. The molecule has 0 aromatic heterocycles. The minimum Gasteiger partial charge on any atom is -0.454 e. The Balaban J connectivity index is 1.90. The zero-order valence-electron chi connectivity index (χ0n) is 14.4. The maximum absolute atomic E-state index is 12.1. The van der Waals surface area contributed by atoms with Crippen molar-refractivity contribution in [1.29, 1.82) is 0 Å². The van der Waals surface area contributed by atoms with E-state index < -0.39 is 5.97 Å². The number of hydrogen-bond donors (Lipinski definition) is 1. The molecule has 1 N–H and O–H groups in total. The Morgan fingerprint density at radius 3 is 2.36 bits per heavy atom. The third-order valence-corrected chi connectivity index (χ3v) is 3.56. The Morgan fingerprint density at radius 2 is 1.72 bits per heavy atom. The molecule has 2 aromatic rings. The molecule has 0 aliphatic heterocycles. The molecule has 0 unspecified atom stereocenters. The van der Waals surface area contributed by atoms with Crippen molar-refractivity contribution in [2.24, 2.45) is 0 Å². The molecule has 5 heteroatoms. The van der Waals surface area contributed by atoms with Crippen LogP contribution in [0.4, 0.5) is 5.69 Å². The highest BCUT2D eigenvalue weighted by Gasteiger charge is 2.12. The summed E-state index contributed by atoms with van der Waals surface area (Å²) in [5, 5.41) is 2.75. The van der Waals surface area contributed by atoms with Gasteiger partial charge in [0.25, 0.3) is 0 Å². The maximum Gasteiger partial charge on any atom is 0.338 e. The van der Waals surface area contributed by atoms with Gasteiger partial charge in [-0.25, -0.2) is 4.79 Å². The fourth-order valence-corrected chi connectivity index (χ4v) is 2.26. The first-order valence-corrected chi connectivity index (χ1v) is 8.16. The molecule has 0 atom stereocenters. The van der Waals surface area contributed by atoms with E-state index in [-0.39, 0.29) is 18.3 Å². The fourth-order valence-electron chi connectivity index (χ4n) is 2.26. The van der Waals surface area contributed by atoms with E-state index in [0.717, 1.165) is 12.0 Å². The summed E-state index contributed by atoms with van der Waals surface area (Å²) in [5.41, 5.74) is 2.42. The predicted octanol–water partition coefficient (Wildman–Crippen LogP) is 3.77. The molecule has 0 heterocycles. The molecular weight excluding hydrogens is 318 g/mol. The Morgan fingerprint density at radius 1 is 1.00 bits per heavy atom. The van der Waals surface area contributed by atoms with Crippen molar-refractivity contribution in [3.63, 3.8) is 0 Å². The van der Waals surface area contributed by atoms with Crippen molar-refractivity contribution in [3.05, 3.63) is 65.2 Å². The summed E-state index contributed by atoms with van der Waals surface area (Å²) < 4.78 is 5.07. The first-order valence-electron chi connectivity index (χ1n) is 8.16. The van der Waals surface area contributed by atoms with Gasteiger partial charge < -0.3 is 10.1 Å². The van der Waals surface area contributed by atoms with Gasteiger partial charge in [0.05, 0.1) is 5.56 Å². The Bertz CT molecular complexity index is 766. The number of carbonyl (C=O) groups is 3. The summed E-state index contributed by atoms with van der Waals surface area (Å²) in [6.07, 6.45) is 1.23. The van der Waals surface area contributed by atoms with Crippen molar-refractivity contribution in [3.8, 4) is 0 Å². The van der Waals surface area contributed by atoms with Crippen LogP contribution in [-0.4, -0.2) is 24.3 Å². The Kier molecular flexibility index (Phi) is 6.46. The normalized spacial score (nSPS) is 10.2. The lowest BCUT2D eigenvalue weighted by molar-refractivity contribution is -0.116. The van der Waals surface area contributed by atoms with Crippen LogP contribution in [0.25, 0.3) is 0 Å². The molecular formula is C20H21NO4. The van der Waals surface area contributed by atoms with Gasteiger partial charge in [0.2, 0.25) is 5.91 Å². The van der Waals surface area contributed by atoms with Crippen LogP contribution in [0.1, 0.15) is 46.0 Å². The zero-order chi connectivity index (χ0) is 18.2. The molecule has 1 amide bonds. The largest absolute Gasteiger partial charge is 0.454 e. The average Bonchev–Trinajstić information content (AvgIpc) is 2.60. The van der Waals surface area contributed by atoms with Gasteiger partial charge >= 0.3 is 5.97 Å². The van der Waals surface area contributed by atoms with Gasteiger partial charge in [-0.1, -0.05) is 24.6 Å². The third kappa shape index (κ3) is 5.57. The molecule has 0 saturated carbocycles. The molecule has 5 nitrogen and oxygen atoms in total. The molecule has 130 valence electrons. The highest BCUT2D eigenvalue weighted by molar-refractivity contribution is 6.00. The molecule has 0 spiro atoms. The number of hydrogen-bond acceptors (Lipinski definition) is 4. The second-order valence-electron chi connectivity index (χ2n) is 5.74. The molecule has 2 rings (SSSR count). The summed E-state index contributed by atoms with van der Waals surface area (Å²) in [6, 6.07) is 13.5. The monoisotopic (exact) mass is 339 g/mol. The van der Waals surface area contributed by atoms with E-state index in [2.05, 4.69) is 5.32 Å². The van der Waals surface area contributed by atoms with Crippen LogP contribution in [0, 0.1) is 6.92 Å². The average molecular weight is 339 g/mol. The number of amides is 1. The van der Waals surface area contributed by atoms with E-state index in [1.165, 1.54) is 0 Å². The van der Waals surface area contributed by atoms with Gasteiger partial charge in [0, 0.05) is 17.7 Å². The lowest BCUT2D eigenvalue weighted by atomic mass is 10.1. The number of nitrogens with one attached hydrogen (secondary N) is 1. The van der Waals surface area contributed by atoms with Crippen LogP contribution < -0.4 is 5.32 Å². The minimum absolute atomic E-state index is 0.0614. The van der Waals surface area contributed by atoms with E-state index in [4.69, 9.17) is 4.74 Å². The van der Waals surface area contributed by atoms with Crippen LogP contribution in [0.15, 0.2) is 48.5 Å². The van der Waals surface area contributed by atoms with Crippen molar-refractivity contribution in [1.82, 2.24) is 0 Å². The highest BCUT2D eigenvalue weighted by Crippen LogP contribution is 2.12. The SMILES string of the molecule is CCCC(=O)Nc1ccc(C(=O)COC(=O)c2cccc(C)c2)cc1. The zero-order valence-corrected chi connectivity index (χ0v) is 14.4. The topological polar surface area (TPSA) is 72.5 Å². The number of benzene rings is 2. The number of rotatable bonds is 7. The van der Waals surface area contributed by atoms with Crippen molar-refractivity contribution in [2.45, 2.75) is 26.7 Å². The number of Topliss-reactive ketones (excluding diaryl/α,β-unsaturated/α-hetero) is 1. The van der Waals surface area contributed by atoms with Crippen molar-refractivity contribution in [2.75, 3.05) is 11.9 Å². The second-order valence-corrected chi connectivity index (χ2v) is 5.74. The molecule has 25 heavy (non-hydrogen) atoms. The summed E-state index contributed by atoms with van der Waals surface area (Å²) in [4.78, 5) is 35.6. The number of ketones is 1. The Hall–Kier alpha value is -2.95. The minimum atomic E-state index is -0.527. The van der Waals surface area contributed by atoms with Crippen LogP contribution in [0.5, 0.6) is 0 Å². The number of anilines is 1. The van der Waals surface area contributed by atoms with Gasteiger partial charge in [-0.15, -0.1) is 0 Å². The van der Waals surface area contributed by atoms with E-state index in [0.29, 0.717) is 23.2 Å². The summed E-state index contributed by atoms with van der Waals surface area (Å²) in [5.74, 6) is -0.887. The quantitative estimate of drug-likeness (QED) is 0.615. The van der Waals surface area contributed by atoms with Gasteiger partial charge in [0.15, 0.2) is 12.4 Å². The lowest BCUT2D eigenvalue weighted by Gasteiger charge is -2.07. The summed E-state index contributed by atoms with van der Waals surface area (Å²) in [7, 11) is 0. The fraction of sp³-hybridized carbons (Fsp3) is 0.250. The smallest absolute Gasteiger partial charge is 0.338 e. The number of esters is 1. The van der Waals surface area contributed by atoms with Crippen LogP contribution in [0.3, 0.4) is 0 Å². The highest BCUT2D eigenvalue weighted by atomic mass is 16.5. The second kappa shape index (κ2) is 8.78. The standard InChI is InChI=1S/C20H21NO4/c1-3-5-19(23)21-17-10-8-15(9-11-17)18(22)13-25-20(24)16-7-4-6-14(2)12-16/h4,6-12H,3,5,13H2,1-2H3,(H,21,23). The van der Waals surface area contributed by atoms with Crippen LogP contribution >= 0.6 is 0 Å². The number of ether oxygens (including phenoxy) is 1. The van der Waals surface area contributed by atoms with Gasteiger partial charge in [-0.05, 0) is 49.7 Å². The number of carbonyl (C=O) groups excluding carboxylic acids is 3. The van der Waals surface area contributed by atoms with Crippen molar-refractivity contribution < 1.29 is 19.1 Å². The molecule has 0 radical (unpaired) electrons. The molecule has 0 bridgehead atoms. The lowest BCUT2D eigenvalue weighted by Crippen LogP contribution is -2.15. The molecule has 0 fully saturated rings. The Labute approximate surface area is 147 Å². The van der Waals surface area contributed by atoms with E-state index in [1.807, 2.05) is 19.9 Å². The summed E-state index contributed by atoms with van der Waals surface area (Å²) >= 11 is 0. The van der Waals surface area contributed by atoms with Crippen LogP contribution in [-0.2, 0) is 9.53 Å². The predicted molar refractivity (Wildman–Crippen MR) is 95.8 cm³/mol. The third-order valence-electron chi connectivity index (χ3n) is 3.56. The maximum atomic E-state index is 12.1. The molecule has 0 aliphatic carbocycles. The molecule has 0 saturated heterocycles. The first kappa shape index (κ1) is 18.4.